The minimum atomic E-state index is -1.01. The molecule has 1 aromatic rings. The summed E-state index contributed by atoms with van der Waals surface area (Å²) in [6, 6.07) is 1.80. The molecule has 0 unspecified atom stereocenters. The Kier molecular flexibility index (Phi) is 4.27. The highest BCUT2D eigenvalue weighted by molar-refractivity contribution is 7.10. The number of hydrogen-bond acceptors (Lipinski definition) is 4. The zero-order valence-electron chi connectivity index (χ0n) is 12.0. The van der Waals surface area contributed by atoms with Crippen molar-refractivity contribution in [2.45, 2.75) is 33.2 Å². The standard InChI is InChI=1S/C15H17NO4S/c1-15(2)6-12(17)16(13(18)7-15)8-11-5-10(9-21-11)3-4-14(19)20/h3-5,9H,6-8H2,1-2H3,(H,19,20). The van der Waals surface area contributed by atoms with E-state index in [2.05, 4.69) is 0 Å². The molecule has 1 saturated heterocycles. The van der Waals surface area contributed by atoms with Gasteiger partial charge in [-0.1, -0.05) is 13.8 Å². The first kappa shape index (κ1) is 15.4. The Morgan fingerprint density at radius 1 is 1.38 bits per heavy atom. The lowest BCUT2D eigenvalue weighted by atomic mass is 9.82. The number of carboxylic acid groups (broad SMARTS) is 1. The smallest absolute Gasteiger partial charge is 0.328 e. The van der Waals surface area contributed by atoms with Crippen LogP contribution >= 0.6 is 11.3 Å². The van der Waals surface area contributed by atoms with E-state index in [9.17, 15) is 14.4 Å². The number of carbonyl (C=O) groups excluding carboxylic acids is 2. The summed E-state index contributed by atoms with van der Waals surface area (Å²) in [5, 5.41) is 10.4. The predicted molar refractivity (Wildman–Crippen MR) is 79.6 cm³/mol. The molecule has 6 heteroatoms. The van der Waals surface area contributed by atoms with Crippen molar-refractivity contribution >= 4 is 35.2 Å². The van der Waals surface area contributed by atoms with Crippen LogP contribution in [0.25, 0.3) is 6.08 Å². The van der Waals surface area contributed by atoms with Gasteiger partial charge in [0.1, 0.15) is 0 Å². The second-order valence-corrected chi connectivity index (χ2v) is 6.91. The minimum Gasteiger partial charge on any atom is -0.478 e. The summed E-state index contributed by atoms with van der Waals surface area (Å²) in [4.78, 5) is 36.7. The second kappa shape index (κ2) is 5.81. The largest absolute Gasteiger partial charge is 0.478 e. The summed E-state index contributed by atoms with van der Waals surface area (Å²) >= 11 is 1.41. The van der Waals surface area contributed by atoms with Crippen LogP contribution in [0.4, 0.5) is 0 Å². The Labute approximate surface area is 126 Å². The summed E-state index contributed by atoms with van der Waals surface area (Å²) in [6.45, 7) is 4.10. The molecule has 0 saturated carbocycles. The SMILES string of the molecule is CC1(C)CC(=O)N(Cc2cc(C=CC(=O)O)cs2)C(=O)C1. The van der Waals surface area contributed by atoms with E-state index in [1.165, 1.54) is 22.3 Å². The molecule has 1 aliphatic rings. The highest BCUT2D eigenvalue weighted by Gasteiger charge is 2.37. The van der Waals surface area contributed by atoms with Crippen molar-refractivity contribution in [1.29, 1.82) is 0 Å². The maximum absolute atomic E-state index is 12.1. The Bertz CT molecular complexity index is 595. The van der Waals surface area contributed by atoms with Crippen LogP contribution in [-0.2, 0) is 20.9 Å². The molecule has 0 spiro atoms. The fraction of sp³-hybridized carbons (Fsp3) is 0.400. The third kappa shape index (κ3) is 4.01. The van der Waals surface area contributed by atoms with Crippen LogP contribution < -0.4 is 0 Å². The van der Waals surface area contributed by atoms with Crippen molar-refractivity contribution in [3.63, 3.8) is 0 Å². The summed E-state index contributed by atoms with van der Waals surface area (Å²) in [6.07, 6.45) is 3.29. The number of rotatable bonds is 4. The minimum absolute atomic E-state index is 0.146. The molecule has 1 N–H and O–H groups in total. The Hall–Kier alpha value is -1.95. The molecule has 2 amide bonds. The van der Waals surface area contributed by atoms with Crippen LogP contribution in [0.15, 0.2) is 17.5 Å². The lowest BCUT2D eigenvalue weighted by Gasteiger charge is -2.34. The number of carboxylic acids is 1. The van der Waals surface area contributed by atoms with Gasteiger partial charge in [-0.15, -0.1) is 11.3 Å². The van der Waals surface area contributed by atoms with Crippen LogP contribution in [0, 0.1) is 5.41 Å². The second-order valence-electron chi connectivity index (χ2n) is 5.91. The first-order valence-corrected chi connectivity index (χ1v) is 7.46. The zero-order valence-corrected chi connectivity index (χ0v) is 12.8. The first-order valence-electron chi connectivity index (χ1n) is 6.58. The summed E-state index contributed by atoms with van der Waals surface area (Å²) in [5.41, 5.74) is 0.491. The number of thiophene rings is 1. The van der Waals surface area contributed by atoms with Gasteiger partial charge in [0.15, 0.2) is 0 Å². The van der Waals surface area contributed by atoms with Crippen LogP contribution in [0.1, 0.15) is 37.1 Å². The Morgan fingerprint density at radius 3 is 2.57 bits per heavy atom. The van der Waals surface area contributed by atoms with Gasteiger partial charge >= 0.3 is 5.97 Å². The summed E-state index contributed by atoms with van der Waals surface area (Å²) in [7, 11) is 0. The number of piperidine rings is 1. The Balaban J connectivity index is 2.07. The normalized spacial score (nSPS) is 18.5. The van der Waals surface area contributed by atoms with Crippen molar-refractivity contribution < 1.29 is 19.5 Å². The fourth-order valence-electron chi connectivity index (χ4n) is 2.28. The quantitative estimate of drug-likeness (QED) is 0.685. The average Bonchev–Trinajstić information content (AvgIpc) is 2.78. The number of nitrogens with zero attached hydrogens (tertiary/aromatic N) is 1. The van der Waals surface area contributed by atoms with E-state index in [4.69, 9.17) is 5.11 Å². The van der Waals surface area contributed by atoms with E-state index in [1.54, 1.807) is 11.4 Å². The van der Waals surface area contributed by atoms with E-state index in [0.29, 0.717) is 12.8 Å². The average molecular weight is 307 g/mol. The summed E-state index contributed by atoms with van der Waals surface area (Å²) in [5.74, 6) is -1.30. The molecule has 0 aromatic carbocycles. The van der Waals surface area contributed by atoms with Crippen molar-refractivity contribution in [1.82, 2.24) is 4.90 Å². The molecule has 2 heterocycles. The molecule has 0 bridgehead atoms. The van der Waals surface area contributed by atoms with Gasteiger partial charge in [-0.3, -0.25) is 14.5 Å². The van der Waals surface area contributed by atoms with Gasteiger partial charge in [0.05, 0.1) is 6.54 Å². The Morgan fingerprint density at radius 2 is 2.00 bits per heavy atom. The van der Waals surface area contributed by atoms with E-state index < -0.39 is 5.97 Å². The van der Waals surface area contributed by atoms with Crippen molar-refractivity contribution in [2.75, 3.05) is 0 Å². The van der Waals surface area contributed by atoms with Crippen LogP contribution in [-0.4, -0.2) is 27.8 Å². The van der Waals surface area contributed by atoms with Gasteiger partial charge < -0.3 is 5.11 Å². The molecular formula is C15H17NO4S. The zero-order chi connectivity index (χ0) is 15.6. The maximum atomic E-state index is 12.1. The van der Waals surface area contributed by atoms with Gasteiger partial charge in [-0.2, -0.15) is 0 Å². The van der Waals surface area contributed by atoms with E-state index in [0.717, 1.165) is 16.5 Å². The monoisotopic (exact) mass is 307 g/mol. The molecule has 0 aliphatic carbocycles. The number of imide groups is 1. The highest BCUT2D eigenvalue weighted by atomic mass is 32.1. The summed E-state index contributed by atoms with van der Waals surface area (Å²) < 4.78 is 0. The van der Waals surface area contributed by atoms with Crippen LogP contribution in [0.2, 0.25) is 0 Å². The third-order valence-electron chi connectivity index (χ3n) is 3.27. The number of carbonyl (C=O) groups is 3. The van der Waals surface area contributed by atoms with Crippen molar-refractivity contribution in [3.8, 4) is 0 Å². The maximum Gasteiger partial charge on any atom is 0.328 e. The van der Waals surface area contributed by atoms with Crippen molar-refractivity contribution in [2.24, 2.45) is 5.41 Å². The molecule has 1 aromatic heterocycles. The van der Waals surface area contributed by atoms with E-state index >= 15 is 0 Å². The van der Waals surface area contributed by atoms with E-state index in [1.807, 2.05) is 13.8 Å². The molecule has 1 aliphatic heterocycles. The van der Waals surface area contributed by atoms with Gasteiger partial charge in [-0.05, 0) is 28.5 Å². The van der Waals surface area contributed by atoms with Gasteiger partial charge in [0.25, 0.3) is 0 Å². The van der Waals surface area contributed by atoms with Crippen molar-refractivity contribution in [3.05, 3.63) is 28.0 Å². The molecule has 0 radical (unpaired) electrons. The molecule has 21 heavy (non-hydrogen) atoms. The molecule has 1 fully saturated rings. The molecular weight excluding hydrogens is 290 g/mol. The highest BCUT2D eigenvalue weighted by Crippen LogP contribution is 2.32. The third-order valence-corrected chi connectivity index (χ3v) is 4.21. The number of amides is 2. The lowest BCUT2D eigenvalue weighted by Crippen LogP contribution is -2.45. The fourth-order valence-corrected chi connectivity index (χ4v) is 3.12. The molecule has 112 valence electrons. The predicted octanol–water partition coefficient (Wildman–Crippen LogP) is 2.52. The molecule has 2 rings (SSSR count). The molecule has 5 nitrogen and oxygen atoms in total. The topological polar surface area (TPSA) is 74.7 Å². The number of aliphatic carboxylic acids is 1. The number of hydrogen-bond donors (Lipinski definition) is 1. The van der Waals surface area contributed by atoms with Crippen LogP contribution in [0.3, 0.4) is 0 Å². The van der Waals surface area contributed by atoms with Gasteiger partial charge in [-0.25, -0.2) is 4.79 Å². The van der Waals surface area contributed by atoms with Gasteiger partial charge in [0, 0.05) is 23.8 Å². The first-order chi connectivity index (χ1) is 9.77. The lowest BCUT2D eigenvalue weighted by molar-refractivity contribution is -0.153. The van der Waals surface area contributed by atoms with Crippen LogP contribution in [0.5, 0.6) is 0 Å². The van der Waals surface area contributed by atoms with E-state index in [-0.39, 0.29) is 23.8 Å². The number of likely N-dealkylation sites (tertiary alicyclic amines) is 1. The van der Waals surface area contributed by atoms with Gasteiger partial charge in [0.2, 0.25) is 11.8 Å². The molecule has 0 atom stereocenters.